The first-order valence-electron chi connectivity index (χ1n) is 8.25. The van der Waals surface area contributed by atoms with E-state index in [1.807, 2.05) is 31.1 Å². The van der Waals surface area contributed by atoms with Crippen LogP contribution in [0.4, 0.5) is 14.6 Å². The Labute approximate surface area is 146 Å². The highest BCUT2D eigenvalue weighted by Crippen LogP contribution is 2.23. The van der Waals surface area contributed by atoms with Gasteiger partial charge in [-0.25, -0.2) is 13.8 Å². The highest BCUT2D eigenvalue weighted by molar-refractivity contribution is 5.81. The predicted molar refractivity (Wildman–Crippen MR) is 97.8 cm³/mol. The summed E-state index contributed by atoms with van der Waals surface area (Å²) in [5.74, 6) is 0.338. The van der Waals surface area contributed by atoms with Gasteiger partial charge in [0.2, 0.25) is 0 Å². The molecule has 25 heavy (non-hydrogen) atoms. The van der Waals surface area contributed by atoms with E-state index in [2.05, 4.69) is 10.3 Å². The van der Waals surface area contributed by atoms with E-state index in [1.54, 1.807) is 18.2 Å². The summed E-state index contributed by atoms with van der Waals surface area (Å²) >= 11 is 0. The fraction of sp³-hybridized carbons (Fsp3) is 0.250. The van der Waals surface area contributed by atoms with Crippen molar-refractivity contribution in [3.63, 3.8) is 0 Å². The second-order valence-electron chi connectivity index (χ2n) is 6.22. The van der Waals surface area contributed by atoms with E-state index in [4.69, 9.17) is 0 Å². The van der Waals surface area contributed by atoms with Gasteiger partial charge in [0.1, 0.15) is 17.5 Å². The lowest BCUT2D eigenvalue weighted by Gasteiger charge is -2.18. The summed E-state index contributed by atoms with van der Waals surface area (Å²) in [6.07, 6.45) is 0.621. The molecule has 0 spiro atoms. The van der Waals surface area contributed by atoms with Crippen LogP contribution in [0.3, 0.4) is 0 Å². The summed E-state index contributed by atoms with van der Waals surface area (Å²) in [5.41, 5.74) is 2.37. The molecular weight excluding hydrogens is 320 g/mol. The number of benzene rings is 2. The molecule has 0 unspecified atom stereocenters. The second kappa shape index (κ2) is 7.57. The van der Waals surface area contributed by atoms with Crippen LogP contribution in [0.25, 0.3) is 10.9 Å². The van der Waals surface area contributed by atoms with Gasteiger partial charge in [0.15, 0.2) is 0 Å². The third-order valence-electron chi connectivity index (χ3n) is 4.10. The van der Waals surface area contributed by atoms with Gasteiger partial charge in [0, 0.05) is 37.7 Å². The topological polar surface area (TPSA) is 28.2 Å². The van der Waals surface area contributed by atoms with Gasteiger partial charge >= 0.3 is 0 Å². The van der Waals surface area contributed by atoms with Crippen molar-refractivity contribution in [2.24, 2.45) is 0 Å². The Morgan fingerprint density at radius 3 is 2.56 bits per heavy atom. The Bertz CT molecular complexity index is 878. The van der Waals surface area contributed by atoms with E-state index >= 15 is 0 Å². The van der Waals surface area contributed by atoms with Crippen molar-refractivity contribution in [2.75, 3.05) is 25.5 Å². The van der Waals surface area contributed by atoms with Crippen molar-refractivity contribution in [1.82, 2.24) is 10.3 Å². The number of halogens is 2. The SMILES string of the molecule is CN(C)c1nc2cc(F)ccc2cc1CNCCc1ccccc1F. The quantitative estimate of drug-likeness (QED) is 0.689. The summed E-state index contributed by atoms with van der Waals surface area (Å²) in [7, 11) is 3.83. The molecular formula is C20H21F2N3. The van der Waals surface area contributed by atoms with Crippen LogP contribution in [0, 0.1) is 11.6 Å². The molecule has 0 radical (unpaired) electrons. The maximum atomic E-state index is 13.6. The molecule has 0 saturated carbocycles. The minimum absolute atomic E-state index is 0.173. The maximum absolute atomic E-state index is 13.6. The molecule has 0 fully saturated rings. The molecule has 0 aliphatic heterocycles. The van der Waals surface area contributed by atoms with Gasteiger partial charge in [0.05, 0.1) is 5.52 Å². The van der Waals surface area contributed by atoms with Crippen LogP contribution in [-0.4, -0.2) is 25.6 Å². The minimum atomic E-state index is -0.291. The average molecular weight is 341 g/mol. The molecule has 3 nitrogen and oxygen atoms in total. The zero-order valence-corrected chi connectivity index (χ0v) is 14.4. The van der Waals surface area contributed by atoms with Crippen LogP contribution in [0.2, 0.25) is 0 Å². The number of hydrogen-bond acceptors (Lipinski definition) is 3. The molecule has 1 N–H and O–H groups in total. The molecule has 2 aromatic carbocycles. The number of anilines is 1. The molecule has 0 saturated heterocycles. The Morgan fingerprint density at radius 2 is 1.80 bits per heavy atom. The summed E-state index contributed by atoms with van der Waals surface area (Å²) in [5, 5.41) is 4.24. The standard InChI is InChI=1S/C20H21F2N3/c1-25(2)20-16(11-15-7-8-17(21)12-19(15)24-20)13-23-10-9-14-5-3-4-6-18(14)22/h3-8,11-12,23H,9-10,13H2,1-2H3. The predicted octanol–water partition coefficient (Wildman–Crippen LogP) is 3.91. The minimum Gasteiger partial charge on any atom is -0.362 e. The Morgan fingerprint density at radius 1 is 1.00 bits per heavy atom. The first-order chi connectivity index (χ1) is 12.0. The van der Waals surface area contributed by atoms with Crippen molar-refractivity contribution in [1.29, 1.82) is 0 Å². The van der Waals surface area contributed by atoms with Crippen LogP contribution >= 0.6 is 0 Å². The third-order valence-corrected chi connectivity index (χ3v) is 4.10. The lowest BCUT2D eigenvalue weighted by Crippen LogP contribution is -2.20. The monoisotopic (exact) mass is 341 g/mol. The Kier molecular flexibility index (Phi) is 5.24. The average Bonchev–Trinajstić information content (AvgIpc) is 2.59. The van der Waals surface area contributed by atoms with E-state index in [1.165, 1.54) is 18.2 Å². The van der Waals surface area contributed by atoms with Crippen LogP contribution in [-0.2, 0) is 13.0 Å². The smallest absolute Gasteiger partial charge is 0.133 e. The molecule has 130 valence electrons. The van der Waals surface area contributed by atoms with Gasteiger partial charge in [-0.3, -0.25) is 0 Å². The first kappa shape index (κ1) is 17.3. The normalized spacial score (nSPS) is 11.0. The summed E-state index contributed by atoms with van der Waals surface area (Å²) in [6, 6.07) is 13.5. The van der Waals surface area contributed by atoms with E-state index in [0.29, 0.717) is 30.6 Å². The van der Waals surface area contributed by atoms with E-state index in [0.717, 1.165) is 16.8 Å². The number of rotatable bonds is 6. The zero-order chi connectivity index (χ0) is 17.8. The van der Waals surface area contributed by atoms with Gasteiger partial charge in [-0.05, 0) is 42.8 Å². The highest BCUT2D eigenvalue weighted by atomic mass is 19.1. The van der Waals surface area contributed by atoms with Gasteiger partial charge < -0.3 is 10.2 Å². The van der Waals surface area contributed by atoms with Crippen molar-refractivity contribution >= 4 is 16.7 Å². The van der Waals surface area contributed by atoms with Crippen molar-refractivity contribution in [2.45, 2.75) is 13.0 Å². The van der Waals surface area contributed by atoms with Crippen LogP contribution in [0.15, 0.2) is 48.5 Å². The number of nitrogens with one attached hydrogen (secondary N) is 1. The lowest BCUT2D eigenvalue weighted by molar-refractivity contribution is 0.597. The molecule has 0 aliphatic carbocycles. The van der Waals surface area contributed by atoms with E-state index in [-0.39, 0.29) is 11.6 Å². The van der Waals surface area contributed by atoms with Gasteiger partial charge in [-0.15, -0.1) is 0 Å². The molecule has 0 amide bonds. The Hall–Kier alpha value is -2.53. The number of hydrogen-bond donors (Lipinski definition) is 1. The number of aromatic nitrogens is 1. The highest BCUT2D eigenvalue weighted by Gasteiger charge is 2.10. The van der Waals surface area contributed by atoms with Crippen molar-refractivity contribution in [3.8, 4) is 0 Å². The van der Waals surface area contributed by atoms with E-state index in [9.17, 15) is 8.78 Å². The van der Waals surface area contributed by atoms with Gasteiger partial charge in [-0.1, -0.05) is 18.2 Å². The van der Waals surface area contributed by atoms with Crippen molar-refractivity contribution in [3.05, 3.63) is 71.3 Å². The van der Waals surface area contributed by atoms with E-state index < -0.39 is 0 Å². The summed E-state index contributed by atoms with van der Waals surface area (Å²) < 4.78 is 27.1. The molecule has 3 aromatic rings. The number of pyridine rings is 1. The molecule has 0 aliphatic rings. The maximum Gasteiger partial charge on any atom is 0.133 e. The third kappa shape index (κ3) is 4.12. The number of nitrogens with zero attached hydrogens (tertiary/aromatic N) is 2. The summed E-state index contributed by atoms with van der Waals surface area (Å²) in [4.78, 5) is 6.49. The fourth-order valence-corrected chi connectivity index (χ4v) is 2.84. The van der Waals surface area contributed by atoms with Gasteiger partial charge in [-0.2, -0.15) is 0 Å². The molecule has 3 rings (SSSR count). The Balaban J connectivity index is 1.73. The van der Waals surface area contributed by atoms with Crippen LogP contribution in [0.1, 0.15) is 11.1 Å². The van der Waals surface area contributed by atoms with Crippen LogP contribution < -0.4 is 10.2 Å². The van der Waals surface area contributed by atoms with Gasteiger partial charge in [0.25, 0.3) is 0 Å². The number of fused-ring (bicyclic) bond motifs is 1. The molecule has 0 bridgehead atoms. The van der Waals surface area contributed by atoms with Crippen molar-refractivity contribution < 1.29 is 8.78 Å². The molecule has 5 heteroatoms. The molecule has 1 heterocycles. The zero-order valence-electron chi connectivity index (χ0n) is 14.4. The van der Waals surface area contributed by atoms with Crippen LogP contribution in [0.5, 0.6) is 0 Å². The largest absolute Gasteiger partial charge is 0.362 e. The fourth-order valence-electron chi connectivity index (χ4n) is 2.84. The second-order valence-corrected chi connectivity index (χ2v) is 6.22. The lowest BCUT2D eigenvalue weighted by atomic mass is 10.1. The molecule has 0 atom stereocenters. The molecule has 1 aromatic heterocycles. The summed E-state index contributed by atoms with van der Waals surface area (Å²) in [6.45, 7) is 1.28. The first-order valence-corrected chi connectivity index (χ1v) is 8.25.